The van der Waals surface area contributed by atoms with Crippen molar-refractivity contribution in [1.29, 1.82) is 0 Å². The van der Waals surface area contributed by atoms with Gasteiger partial charge in [0.1, 0.15) is 0 Å². The molecule has 2 aromatic heterocycles. The molecule has 0 saturated carbocycles. The molecule has 165 valence electrons. The summed E-state index contributed by atoms with van der Waals surface area (Å²) in [5.74, 6) is 0.704. The molecular weight excluding hydrogens is 583 g/mol. The number of aryl methyl sites for hydroxylation is 2. The second kappa shape index (κ2) is 12.0. The van der Waals surface area contributed by atoms with Crippen molar-refractivity contribution in [2.45, 2.75) is 13.8 Å². The van der Waals surface area contributed by atoms with Crippen molar-refractivity contribution in [3.05, 3.63) is 127 Å². The van der Waals surface area contributed by atoms with Gasteiger partial charge in [0, 0.05) is 38.2 Å². The Morgan fingerprint density at radius 3 is 2.09 bits per heavy atom. The summed E-state index contributed by atoms with van der Waals surface area (Å²) < 4.78 is 0. The summed E-state index contributed by atoms with van der Waals surface area (Å²) in [6.45, 7) is 4.08. The van der Waals surface area contributed by atoms with Crippen LogP contribution in [-0.2, 0) is 20.1 Å². The van der Waals surface area contributed by atoms with Crippen LogP contribution in [0.2, 0.25) is 0 Å². The summed E-state index contributed by atoms with van der Waals surface area (Å²) in [5, 5.41) is 0. The largest absolute Gasteiger partial charge is 0.301 e. The molecule has 3 nitrogen and oxygen atoms in total. The Balaban J connectivity index is 0.000000186. The smallest absolute Gasteiger partial charge is 0.0748 e. The molecule has 0 N–H and O–H groups in total. The Morgan fingerprint density at radius 1 is 0.636 bits per heavy atom. The minimum Gasteiger partial charge on any atom is -0.301 e. The van der Waals surface area contributed by atoms with Gasteiger partial charge in [0.2, 0.25) is 0 Å². The van der Waals surface area contributed by atoms with Crippen LogP contribution in [-0.4, -0.2) is 15.0 Å². The van der Waals surface area contributed by atoms with Crippen molar-refractivity contribution >= 4 is 0 Å². The Hall–Kier alpha value is -3.46. The molecular formula is C29H23IrN3-2. The zero-order valence-corrected chi connectivity index (χ0v) is 20.9. The van der Waals surface area contributed by atoms with E-state index in [2.05, 4.69) is 58.3 Å². The van der Waals surface area contributed by atoms with E-state index in [9.17, 15) is 0 Å². The molecule has 3 aromatic carbocycles. The van der Waals surface area contributed by atoms with E-state index >= 15 is 0 Å². The number of nitrogens with zero attached hydrogens (tertiary/aromatic N) is 3. The van der Waals surface area contributed by atoms with Gasteiger partial charge in [0.05, 0.1) is 5.82 Å². The van der Waals surface area contributed by atoms with Gasteiger partial charge in [-0.05, 0) is 37.2 Å². The maximum atomic E-state index is 4.51. The minimum atomic E-state index is 0. The van der Waals surface area contributed by atoms with E-state index in [4.69, 9.17) is 0 Å². The topological polar surface area (TPSA) is 38.7 Å². The zero-order chi connectivity index (χ0) is 22.2. The number of pyridine rings is 1. The molecule has 5 aromatic rings. The van der Waals surface area contributed by atoms with Gasteiger partial charge in [0.25, 0.3) is 0 Å². The average Bonchev–Trinajstić information content (AvgIpc) is 2.88. The van der Waals surface area contributed by atoms with Crippen LogP contribution in [0.15, 0.2) is 103 Å². The summed E-state index contributed by atoms with van der Waals surface area (Å²) >= 11 is 0. The predicted octanol–water partition coefficient (Wildman–Crippen LogP) is 6.77. The molecule has 0 saturated heterocycles. The fraction of sp³-hybridized carbons (Fsp3) is 0.0690. The molecule has 0 spiro atoms. The molecule has 0 aliphatic rings. The molecule has 0 aliphatic heterocycles. The van der Waals surface area contributed by atoms with Crippen LogP contribution in [0.1, 0.15) is 11.3 Å². The van der Waals surface area contributed by atoms with Crippen LogP contribution in [0, 0.1) is 26.0 Å². The number of hydrogen-bond donors (Lipinski definition) is 0. The Kier molecular flexibility index (Phi) is 8.77. The first-order valence-electron chi connectivity index (χ1n) is 10.5. The van der Waals surface area contributed by atoms with Gasteiger partial charge in [0.15, 0.2) is 0 Å². The van der Waals surface area contributed by atoms with E-state index in [0.717, 1.165) is 28.1 Å². The van der Waals surface area contributed by atoms with E-state index in [1.54, 1.807) is 12.4 Å². The SMILES string of the molecule is Cc1ccc(C)c(-c2[c-]cccc2)n1.[Ir].[c-]1ccc(-c2ccccc2)cc1-c1ncccn1. The Labute approximate surface area is 209 Å². The van der Waals surface area contributed by atoms with Gasteiger partial charge in [-0.15, -0.1) is 71.3 Å². The van der Waals surface area contributed by atoms with E-state index < -0.39 is 0 Å². The number of aromatic nitrogens is 3. The van der Waals surface area contributed by atoms with Crippen LogP contribution >= 0.6 is 0 Å². The van der Waals surface area contributed by atoms with E-state index in [-0.39, 0.29) is 20.1 Å². The Bertz CT molecular complexity index is 1220. The van der Waals surface area contributed by atoms with Gasteiger partial charge in [-0.3, -0.25) is 9.97 Å². The molecule has 33 heavy (non-hydrogen) atoms. The van der Waals surface area contributed by atoms with Crippen LogP contribution in [0.5, 0.6) is 0 Å². The first-order valence-corrected chi connectivity index (χ1v) is 10.5. The first kappa shape index (κ1) is 24.2. The normalized spacial score (nSPS) is 9.88. The third-order valence-corrected chi connectivity index (χ3v) is 4.92. The summed E-state index contributed by atoms with van der Waals surface area (Å²) in [6.07, 6.45) is 3.48. The number of rotatable bonds is 3. The summed E-state index contributed by atoms with van der Waals surface area (Å²) in [7, 11) is 0. The molecule has 0 unspecified atom stereocenters. The summed E-state index contributed by atoms with van der Waals surface area (Å²) in [5.41, 5.74) is 7.58. The average molecular weight is 606 g/mol. The molecule has 0 amide bonds. The van der Waals surface area contributed by atoms with Gasteiger partial charge in [-0.2, -0.15) is 0 Å². The summed E-state index contributed by atoms with van der Waals surface area (Å²) in [6, 6.07) is 36.5. The van der Waals surface area contributed by atoms with Crippen molar-refractivity contribution in [1.82, 2.24) is 15.0 Å². The molecule has 5 rings (SSSR count). The second-order valence-corrected chi connectivity index (χ2v) is 7.32. The third kappa shape index (κ3) is 6.52. The van der Waals surface area contributed by atoms with Crippen LogP contribution in [0.3, 0.4) is 0 Å². The molecule has 1 radical (unpaired) electrons. The Morgan fingerprint density at radius 2 is 1.36 bits per heavy atom. The second-order valence-electron chi connectivity index (χ2n) is 7.32. The summed E-state index contributed by atoms with van der Waals surface area (Å²) in [4.78, 5) is 13.0. The van der Waals surface area contributed by atoms with Crippen molar-refractivity contribution in [2.24, 2.45) is 0 Å². The first-order chi connectivity index (χ1) is 15.7. The molecule has 2 heterocycles. The fourth-order valence-corrected chi connectivity index (χ4v) is 3.28. The van der Waals surface area contributed by atoms with Gasteiger partial charge in [-0.1, -0.05) is 42.0 Å². The van der Waals surface area contributed by atoms with Crippen LogP contribution in [0.4, 0.5) is 0 Å². The van der Waals surface area contributed by atoms with Crippen molar-refractivity contribution in [3.8, 4) is 33.8 Å². The molecule has 0 fully saturated rings. The molecule has 4 heteroatoms. The standard InChI is InChI=1S/C16H11N2.C13H12N.Ir/c1-2-6-13(7-3-1)14-8-4-9-15(12-14)16-17-10-5-11-18-16;1-10-8-9-11(2)14-13(10)12-6-4-3-5-7-12;/h1-8,10-12H;3-6,8-9H,1-2H3;/q2*-1;. The van der Waals surface area contributed by atoms with E-state index in [1.165, 1.54) is 11.1 Å². The fourth-order valence-electron chi connectivity index (χ4n) is 3.28. The quantitative estimate of drug-likeness (QED) is 0.213. The maximum Gasteiger partial charge on any atom is 0.0748 e. The van der Waals surface area contributed by atoms with Crippen molar-refractivity contribution in [2.75, 3.05) is 0 Å². The van der Waals surface area contributed by atoms with Gasteiger partial charge >= 0.3 is 0 Å². The van der Waals surface area contributed by atoms with E-state index in [1.807, 2.05) is 73.7 Å². The van der Waals surface area contributed by atoms with Crippen molar-refractivity contribution < 1.29 is 20.1 Å². The maximum absolute atomic E-state index is 4.51. The van der Waals surface area contributed by atoms with Crippen molar-refractivity contribution in [3.63, 3.8) is 0 Å². The molecule has 0 bridgehead atoms. The predicted molar refractivity (Wildman–Crippen MR) is 130 cm³/mol. The van der Waals surface area contributed by atoms with Gasteiger partial charge < -0.3 is 4.98 Å². The van der Waals surface area contributed by atoms with Crippen LogP contribution < -0.4 is 0 Å². The van der Waals surface area contributed by atoms with Gasteiger partial charge in [-0.25, -0.2) is 0 Å². The minimum absolute atomic E-state index is 0. The monoisotopic (exact) mass is 606 g/mol. The third-order valence-electron chi connectivity index (χ3n) is 4.92. The number of benzene rings is 3. The van der Waals surface area contributed by atoms with Crippen LogP contribution in [0.25, 0.3) is 33.8 Å². The number of hydrogen-bond acceptors (Lipinski definition) is 3. The molecule has 0 aliphatic carbocycles. The zero-order valence-electron chi connectivity index (χ0n) is 18.5. The van der Waals surface area contributed by atoms with E-state index in [0.29, 0.717) is 5.82 Å². The molecule has 0 atom stereocenters.